The van der Waals surface area contributed by atoms with Crippen LogP contribution in [0.3, 0.4) is 0 Å². The van der Waals surface area contributed by atoms with Gasteiger partial charge in [-0.25, -0.2) is 0 Å². The Kier molecular flexibility index (Phi) is 8.03. The Morgan fingerprint density at radius 2 is 1.62 bits per heavy atom. The third-order valence-electron chi connectivity index (χ3n) is 4.72. The van der Waals surface area contributed by atoms with Gasteiger partial charge in [0.2, 0.25) is 0 Å². The number of hydrogen-bond acceptors (Lipinski definition) is 1. The predicted octanol–water partition coefficient (Wildman–Crippen LogP) is 6.00. The summed E-state index contributed by atoms with van der Waals surface area (Å²) in [6, 6.07) is 9.87. The maximum atomic E-state index is 3.72. The smallest absolute Gasteiger partial charge is 0.0320 e. The van der Waals surface area contributed by atoms with Crippen molar-refractivity contribution in [2.24, 2.45) is 0 Å². The number of benzene rings is 1. The first-order valence-corrected chi connectivity index (χ1v) is 8.89. The van der Waals surface area contributed by atoms with Gasteiger partial charge < -0.3 is 5.32 Å². The second kappa shape index (κ2) is 9.25. The molecule has 0 aromatic heterocycles. The average Bonchev–Trinajstić information content (AvgIpc) is 2.51. The molecule has 0 aliphatic rings. The van der Waals surface area contributed by atoms with E-state index in [0.29, 0.717) is 6.04 Å². The van der Waals surface area contributed by atoms with Crippen molar-refractivity contribution in [3.63, 3.8) is 0 Å². The topological polar surface area (TPSA) is 12.0 Å². The first-order valence-electron chi connectivity index (χ1n) is 8.89. The lowest BCUT2D eigenvalue weighted by Crippen LogP contribution is -2.22. The summed E-state index contributed by atoms with van der Waals surface area (Å²) >= 11 is 0. The van der Waals surface area contributed by atoms with Gasteiger partial charge in [-0.1, -0.05) is 78.1 Å². The van der Waals surface area contributed by atoms with Gasteiger partial charge in [0.25, 0.3) is 0 Å². The maximum absolute atomic E-state index is 3.72. The van der Waals surface area contributed by atoms with Gasteiger partial charge in [0.1, 0.15) is 0 Å². The van der Waals surface area contributed by atoms with E-state index in [1.165, 1.54) is 49.7 Å². The fourth-order valence-corrected chi connectivity index (χ4v) is 2.67. The summed E-state index contributed by atoms with van der Waals surface area (Å²) in [5, 5.41) is 3.72. The maximum Gasteiger partial charge on any atom is 0.0320 e. The molecule has 1 unspecified atom stereocenters. The van der Waals surface area contributed by atoms with Crippen molar-refractivity contribution in [3.05, 3.63) is 35.4 Å². The molecule has 1 nitrogen and oxygen atoms in total. The molecule has 1 aromatic rings. The highest BCUT2D eigenvalue weighted by Crippen LogP contribution is 2.28. The van der Waals surface area contributed by atoms with Gasteiger partial charge in [0.15, 0.2) is 0 Å². The fraction of sp³-hybridized carbons (Fsp3) is 0.700. The summed E-state index contributed by atoms with van der Waals surface area (Å²) < 4.78 is 0. The molecular formula is C20H35N. The van der Waals surface area contributed by atoms with Crippen LogP contribution < -0.4 is 5.32 Å². The zero-order valence-electron chi connectivity index (χ0n) is 14.8. The van der Waals surface area contributed by atoms with Crippen LogP contribution in [0.2, 0.25) is 0 Å². The van der Waals surface area contributed by atoms with E-state index in [4.69, 9.17) is 0 Å². The van der Waals surface area contributed by atoms with Crippen LogP contribution in [-0.4, -0.2) is 6.54 Å². The van der Waals surface area contributed by atoms with Gasteiger partial charge in [-0.2, -0.15) is 0 Å². The zero-order valence-corrected chi connectivity index (χ0v) is 14.8. The molecule has 0 saturated carbocycles. The standard InChI is InChI=1S/C20H35N/c1-6-9-10-11-19(21-16-7-2)17-12-14-18(15-13-17)20(4,5)8-3/h12-15,19,21H,6-11,16H2,1-5H3. The molecule has 21 heavy (non-hydrogen) atoms. The van der Waals surface area contributed by atoms with Crippen LogP contribution in [0.4, 0.5) is 0 Å². The molecule has 0 aliphatic heterocycles. The van der Waals surface area contributed by atoms with Crippen LogP contribution in [0.25, 0.3) is 0 Å². The van der Waals surface area contributed by atoms with Crippen molar-refractivity contribution >= 4 is 0 Å². The molecule has 0 saturated heterocycles. The van der Waals surface area contributed by atoms with Crippen LogP contribution in [0.15, 0.2) is 24.3 Å². The van der Waals surface area contributed by atoms with E-state index in [1.54, 1.807) is 0 Å². The van der Waals surface area contributed by atoms with Crippen molar-refractivity contribution < 1.29 is 0 Å². The Morgan fingerprint density at radius 1 is 0.952 bits per heavy atom. The van der Waals surface area contributed by atoms with E-state index in [9.17, 15) is 0 Å². The largest absolute Gasteiger partial charge is 0.310 e. The van der Waals surface area contributed by atoms with Gasteiger partial charge in [-0.05, 0) is 42.3 Å². The molecule has 1 N–H and O–H groups in total. The Balaban J connectivity index is 2.77. The molecule has 0 amide bonds. The van der Waals surface area contributed by atoms with Crippen molar-refractivity contribution in [1.82, 2.24) is 5.32 Å². The van der Waals surface area contributed by atoms with Crippen molar-refractivity contribution in [3.8, 4) is 0 Å². The highest BCUT2D eigenvalue weighted by atomic mass is 14.9. The molecule has 1 atom stereocenters. The third-order valence-corrected chi connectivity index (χ3v) is 4.72. The highest BCUT2D eigenvalue weighted by molar-refractivity contribution is 5.29. The summed E-state index contributed by atoms with van der Waals surface area (Å²) in [6.45, 7) is 12.6. The zero-order chi connectivity index (χ0) is 15.7. The molecule has 0 radical (unpaired) electrons. The lowest BCUT2D eigenvalue weighted by Gasteiger charge is -2.25. The molecule has 1 heteroatoms. The van der Waals surface area contributed by atoms with Crippen LogP contribution in [0.5, 0.6) is 0 Å². The van der Waals surface area contributed by atoms with Gasteiger partial charge in [0, 0.05) is 6.04 Å². The Bertz CT molecular complexity index is 377. The lowest BCUT2D eigenvalue weighted by molar-refractivity contribution is 0.473. The average molecular weight is 290 g/mol. The van der Waals surface area contributed by atoms with E-state index in [1.807, 2.05) is 0 Å². The van der Waals surface area contributed by atoms with Crippen LogP contribution >= 0.6 is 0 Å². The molecule has 0 bridgehead atoms. The monoisotopic (exact) mass is 289 g/mol. The van der Waals surface area contributed by atoms with Crippen molar-refractivity contribution in [2.45, 2.75) is 84.6 Å². The molecule has 0 fully saturated rings. The molecule has 0 spiro atoms. The normalized spacial score (nSPS) is 13.4. The molecule has 1 aromatic carbocycles. The Labute approximate surface area is 132 Å². The number of nitrogens with one attached hydrogen (secondary N) is 1. The van der Waals surface area contributed by atoms with E-state index < -0.39 is 0 Å². The van der Waals surface area contributed by atoms with Crippen molar-refractivity contribution in [2.75, 3.05) is 6.54 Å². The van der Waals surface area contributed by atoms with Crippen LogP contribution in [-0.2, 0) is 5.41 Å². The number of unbranched alkanes of at least 4 members (excludes halogenated alkanes) is 2. The molecule has 0 aliphatic carbocycles. The minimum Gasteiger partial charge on any atom is -0.310 e. The molecular weight excluding hydrogens is 254 g/mol. The first-order chi connectivity index (χ1) is 10.0. The summed E-state index contributed by atoms with van der Waals surface area (Å²) in [6.07, 6.45) is 7.59. The summed E-state index contributed by atoms with van der Waals surface area (Å²) in [4.78, 5) is 0. The lowest BCUT2D eigenvalue weighted by atomic mass is 9.81. The van der Waals surface area contributed by atoms with E-state index >= 15 is 0 Å². The Morgan fingerprint density at radius 3 is 2.14 bits per heavy atom. The summed E-state index contributed by atoms with van der Waals surface area (Å²) in [7, 11) is 0. The predicted molar refractivity (Wildman–Crippen MR) is 94.9 cm³/mol. The van der Waals surface area contributed by atoms with Gasteiger partial charge >= 0.3 is 0 Å². The Hall–Kier alpha value is -0.820. The van der Waals surface area contributed by atoms with Gasteiger partial charge in [0.05, 0.1) is 0 Å². The second-order valence-electron chi connectivity index (χ2n) is 6.86. The highest BCUT2D eigenvalue weighted by Gasteiger charge is 2.18. The van der Waals surface area contributed by atoms with Gasteiger partial charge in [-0.15, -0.1) is 0 Å². The minimum absolute atomic E-state index is 0.285. The van der Waals surface area contributed by atoms with E-state index in [2.05, 4.69) is 64.2 Å². The molecule has 120 valence electrons. The van der Waals surface area contributed by atoms with Crippen LogP contribution in [0, 0.1) is 0 Å². The summed E-state index contributed by atoms with van der Waals surface area (Å²) in [5.41, 5.74) is 3.19. The van der Waals surface area contributed by atoms with E-state index in [0.717, 1.165) is 6.54 Å². The molecule has 1 rings (SSSR count). The quantitative estimate of drug-likeness (QED) is 0.521. The first kappa shape index (κ1) is 18.2. The SMILES string of the molecule is CCCCCC(NCCC)c1ccc(C(C)(C)CC)cc1. The minimum atomic E-state index is 0.285. The third kappa shape index (κ3) is 5.82. The number of rotatable bonds is 10. The second-order valence-corrected chi connectivity index (χ2v) is 6.86. The molecule has 0 heterocycles. The van der Waals surface area contributed by atoms with E-state index in [-0.39, 0.29) is 5.41 Å². The summed E-state index contributed by atoms with van der Waals surface area (Å²) in [5.74, 6) is 0. The fourth-order valence-electron chi connectivity index (χ4n) is 2.67. The van der Waals surface area contributed by atoms with Crippen molar-refractivity contribution in [1.29, 1.82) is 0 Å². The number of hydrogen-bond donors (Lipinski definition) is 1. The van der Waals surface area contributed by atoms with Crippen LogP contribution in [0.1, 0.15) is 90.3 Å². The van der Waals surface area contributed by atoms with Gasteiger partial charge in [-0.3, -0.25) is 0 Å².